The first-order valence-electron chi connectivity index (χ1n) is 8.27. The lowest BCUT2D eigenvalue weighted by molar-refractivity contribution is 0.102. The van der Waals surface area contributed by atoms with Crippen LogP contribution in [0.4, 0.5) is 17.3 Å². The molecule has 0 spiro atoms. The number of rotatable bonds is 4. The van der Waals surface area contributed by atoms with E-state index in [0.29, 0.717) is 32.8 Å². The van der Waals surface area contributed by atoms with E-state index in [1.165, 1.54) is 0 Å². The number of aromatic amines is 1. The standard InChI is InChI=1S/C20H13Cl2IN4O/c21-14-2-1-3-15(22)18(14)27-20-25-16-9-4-11(10-17(16)26-20)19(28)24-13-7-5-12(23)6-8-13/h1-10H,(H,24,28)(H2,25,26,27). The molecule has 1 amide bonds. The minimum absolute atomic E-state index is 0.199. The Morgan fingerprint density at radius 2 is 1.71 bits per heavy atom. The summed E-state index contributed by atoms with van der Waals surface area (Å²) in [6.45, 7) is 0. The minimum Gasteiger partial charge on any atom is -0.324 e. The predicted molar refractivity (Wildman–Crippen MR) is 123 cm³/mol. The van der Waals surface area contributed by atoms with E-state index < -0.39 is 0 Å². The second kappa shape index (κ2) is 7.98. The fraction of sp³-hybridized carbons (Fsp3) is 0. The number of amides is 1. The van der Waals surface area contributed by atoms with Gasteiger partial charge in [0.25, 0.3) is 5.91 Å². The van der Waals surface area contributed by atoms with Gasteiger partial charge in [-0.15, -0.1) is 0 Å². The molecule has 0 bridgehead atoms. The molecule has 8 heteroatoms. The number of anilines is 3. The quantitative estimate of drug-likeness (QED) is 0.269. The van der Waals surface area contributed by atoms with Gasteiger partial charge < -0.3 is 15.6 Å². The highest BCUT2D eigenvalue weighted by Gasteiger charge is 2.12. The number of nitrogens with zero attached hydrogens (tertiary/aromatic N) is 1. The van der Waals surface area contributed by atoms with Crippen molar-refractivity contribution < 1.29 is 4.79 Å². The molecular weight excluding hydrogens is 510 g/mol. The SMILES string of the molecule is O=C(Nc1ccc(I)cc1)c1ccc2[nH]c(Nc3c(Cl)cccc3Cl)nc2c1. The molecule has 0 radical (unpaired) electrons. The summed E-state index contributed by atoms with van der Waals surface area (Å²) in [4.78, 5) is 20.2. The van der Waals surface area contributed by atoms with E-state index in [1.54, 1.807) is 30.3 Å². The molecule has 140 valence electrons. The molecule has 4 aromatic rings. The number of para-hydroxylation sites is 1. The van der Waals surface area contributed by atoms with E-state index >= 15 is 0 Å². The summed E-state index contributed by atoms with van der Waals surface area (Å²) in [7, 11) is 0. The fourth-order valence-electron chi connectivity index (χ4n) is 2.68. The van der Waals surface area contributed by atoms with E-state index in [1.807, 2.05) is 30.3 Å². The van der Waals surface area contributed by atoms with Crippen molar-refractivity contribution >= 4 is 80.1 Å². The van der Waals surface area contributed by atoms with Crippen LogP contribution in [0.25, 0.3) is 11.0 Å². The van der Waals surface area contributed by atoms with E-state index in [-0.39, 0.29) is 5.91 Å². The molecule has 28 heavy (non-hydrogen) atoms. The summed E-state index contributed by atoms with van der Waals surface area (Å²) in [6.07, 6.45) is 0. The van der Waals surface area contributed by atoms with Crippen molar-refractivity contribution in [2.45, 2.75) is 0 Å². The molecule has 3 N–H and O–H groups in total. The second-order valence-electron chi connectivity index (χ2n) is 6.00. The van der Waals surface area contributed by atoms with Gasteiger partial charge in [0.15, 0.2) is 0 Å². The smallest absolute Gasteiger partial charge is 0.255 e. The average molecular weight is 523 g/mol. The van der Waals surface area contributed by atoms with E-state index in [0.717, 1.165) is 14.8 Å². The van der Waals surface area contributed by atoms with Crippen LogP contribution in [0, 0.1) is 3.57 Å². The zero-order chi connectivity index (χ0) is 19.7. The van der Waals surface area contributed by atoms with Crippen molar-refractivity contribution in [3.05, 3.63) is 79.8 Å². The third-order valence-corrected chi connectivity index (χ3v) is 5.40. The number of halogens is 3. The highest BCUT2D eigenvalue weighted by Crippen LogP contribution is 2.32. The second-order valence-corrected chi connectivity index (χ2v) is 8.06. The third kappa shape index (κ3) is 4.09. The molecule has 0 atom stereocenters. The van der Waals surface area contributed by atoms with Crippen molar-refractivity contribution in [1.82, 2.24) is 9.97 Å². The Morgan fingerprint density at radius 1 is 1.00 bits per heavy atom. The zero-order valence-electron chi connectivity index (χ0n) is 14.3. The Morgan fingerprint density at radius 3 is 2.43 bits per heavy atom. The largest absolute Gasteiger partial charge is 0.324 e. The maximum atomic E-state index is 12.5. The lowest BCUT2D eigenvalue weighted by Crippen LogP contribution is -2.11. The number of nitrogens with one attached hydrogen (secondary N) is 3. The summed E-state index contributed by atoms with van der Waals surface area (Å²) in [5.41, 5.74) is 3.27. The van der Waals surface area contributed by atoms with Gasteiger partial charge in [-0.05, 0) is 77.2 Å². The molecule has 0 aliphatic rings. The lowest BCUT2D eigenvalue weighted by atomic mass is 10.2. The van der Waals surface area contributed by atoms with Gasteiger partial charge in [0.1, 0.15) is 0 Å². The Labute approximate surface area is 184 Å². The maximum Gasteiger partial charge on any atom is 0.255 e. The number of aromatic nitrogens is 2. The van der Waals surface area contributed by atoms with Gasteiger partial charge in [-0.2, -0.15) is 0 Å². The molecule has 0 unspecified atom stereocenters. The van der Waals surface area contributed by atoms with Crippen molar-refractivity contribution in [2.75, 3.05) is 10.6 Å². The summed E-state index contributed by atoms with van der Waals surface area (Å²) in [5.74, 6) is 0.287. The highest BCUT2D eigenvalue weighted by molar-refractivity contribution is 14.1. The molecule has 0 aliphatic carbocycles. The summed E-state index contributed by atoms with van der Waals surface area (Å²) in [6, 6.07) is 18.1. The van der Waals surface area contributed by atoms with Crippen LogP contribution in [0.3, 0.4) is 0 Å². The fourth-order valence-corrected chi connectivity index (χ4v) is 3.53. The molecule has 5 nitrogen and oxygen atoms in total. The van der Waals surface area contributed by atoms with Crippen LogP contribution in [-0.2, 0) is 0 Å². The van der Waals surface area contributed by atoms with Gasteiger partial charge >= 0.3 is 0 Å². The van der Waals surface area contributed by atoms with Crippen LogP contribution >= 0.6 is 45.8 Å². The summed E-state index contributed by atoms with van der Waals surface area (Å²) in [5, 5.41) is 6.96. The minimum atomic E-state index is -0.199. The van der Waals surface area contributed by atoms with Gasteiger partial charge in [-0.3, -0.25) is 4.79 Å². The Bertz CT molecular complexity index is 1150. The topological polar surface area (TPSA) is 69.8 Å². The van der Waals surface area contributed by atoms with Crippen LogP contribution < -0.4 is 10.6 Å². The van der Waals surface area contributed by atoms with Gasteiger partial charge in [-0.1, -0.05) is 29.3 Å². The molecule has 1 heterocycles. The van der Waals surface area contributed by atoms with Crippen LogP contribution in [-0.4, -0.2) is 15.9 Å². The molecule has 0 saturated carbocycles. The zero-order valence-corrected chi connectivity index (χ0v) is 17.9. The predicted octanol–water partition coefficient (Wildman–Crippen LogP) is 6.47. The number of H-pyrrole nitrogens is 1. The maximum absolute atomic E-state index is 12.5. The molecule has 1 aromatic heterocycles. The van der Waals surface area contributed by atoms with Crippen molar-refractivity contribution in [3.63, 3.8) is 0 Å². The summed E-state index contributed by atoms with van der Waals surface area (Å²) >= 11 is 14.6. The first-order valence-corrected chi connectivity index (χ1v) is 10.1. The number of hydrogen-bond acceptors (Lipinski definition) is 3. The monoisotopic (exact) mass is 522 g/mol. The summed E-state index contributed by atoms with van der Waals surface area (Å²) < 4.78 is 1.10. The number of carbonyl (C=O) groups excluding carboxylic acids is 1. The van der Waals surface area contributed by atoms with Gasteiger partial charge in [-0.25, -0.2) is 4.98 Å². The van der Waals surface area contributed by atoms with Crippen LogP contribution in [0.1, 0.15) is 10.4 Å². The number of imidazole rings is 1. The van der Waals surface area contributed by atoms with E-state index in [9.17, 15) is 4.79 Å². The molecule has 3 aromatic carbocycles. The third-order valence-electron chi connectivity index (χ3n) is 4.05. The van der Waals surface area contributed by atoms with E-state index in [4.69, 9.17) is 23.2 Å². The number of benzene rings is 3. The normalized spacial score (nSPS) is 10.8. The van der Waals surface area contributed by atoms with Crippen molar-refractivity contribution in [3.8, 4) is 0 Å². The van der Waals surface area contributed by atoms with Crippen LogP contribution in [0.2, 0.25) is 10.0 Å². The highest BCUT2D eigenvalue weighted by atomic mass is 127. The molecule has 0 saturated heterocycles. The van der Waals surface area contributed by atoms with Gasteiger partial charge in [0.05, 0.1) is 26.8 Å². The van der Waals surface area contributed by atoms with Gasteiger partial charge in [0.2, 0.25) is 5.95 Å². The Hall–Kier alpha value is -2.29. The number of carbonyl (C=O) groups is 1. The number of hydrogen-bond donors (Lipinski definition) is 3. The molecule has 0 aliphatic heterocycles. The van der Waals surface area contributed by atoms with E-state index in [2.05, 4.69) is 43.2 Å². The van der Waals surface area contributed by atoms with Crippen LogP contribution in [0.15, 0.2) is 60.7 Å². The number of fused-ring (bicyclic) bond motifs is 1. The van der Waals surface area contributed by atoms with Crippen molar-refractivity contribution in [2.24, 2.45) is 0 Å². The van der Waals surface area contributed by atoms with Gasteiger partial charge in [0, 0.05) is 14.8 Å². The molecule has 0 fully saturated rings. The Balaban J connectivity index is 1.57. The van der Waals surface area contributed by atoms with Crippen LogP contribution in [0.5, 0.6) is 0 Å². The Kier molecular flexibility index (Phi) is 5.43. The van der Waals surface area contributed by atoms with Crippen molar-refractivity contribution in [1.29, 1.82) is 0 Å². The lowest BCUT2D eigenvalue weighted by Gasteiger charge is -2.06. The molecular formula is C20H13Cl2IN4O. The average Bonchev–Trinajstić information content (AvgIpc) is 3.08. The first kappa shape index (κ1) is 19.0. The molecule has 4 rings (SSSR count). The first-order chi connectivity index (χ1) is 13.5.